The van der Waals surface area contributed by atoms with Crippen molar-refractivity contribution in [2.75, 3.05) is 14.2 Å². The van der Waals surface area contributed by atoms with Gasteiger partial charge in [-0.25, -0.2) is 28.9 Å². The summed E-state index contributed by atoms with van der Waals surface area (Å²) in [6, 6.07) is 8.83. The van der Waals surface area contributed by atoms with Crippen molar-refractivity contribution in [1.82, 2.24) is 29.2 Å². The van der Waals surface area contributed by atoms with Gasteiger partial charge in [-0.15, -0.1) is 13.2 Å². The molecule has 4 rings (SSSR count). The summed E-state index contributed by atoms with van der Waals surface area (Å²) in [6.07, 6.45) is -3.59. The smallest absolute Gasteiger partial charge is 0.494 e. The van der Waals surface area contributed by atoms with Gasteiger partial charge in [-0.1, -0.05) is 12.1 Å². The molecule has 0 spiro atoms. The molecule has 11 nitrogen and oxygen atoms in total. The van der Waals surface area contributed by atoms with E-state index in [0.717, 1.165) is 6.07 Å². The van der Waals surface area contributed by atoms with Crippen LogP contribution in [0.3, 0.4) is 0 Å². The number of methoxy groups -OCH3 is 2. The highest BCUT2D eigenvalue weighted by atomic mass is 32.2. The van der Waals surface area contributed by atoms with Crippen LogP contribution in [0.15, 0.2) is 42.6 Å². The van der Waals surface area contributed by atoms with Crippen LogP contribution in [0.2, 0.25) is 0 Å². The van der Waals surface area contributed by atoms with Gasteiger partial charge in [0.2, 0.25) is 17.1 Å². The van der Waals surface area contributed by atoms with Gasteiger partial charge in [0, 0.05) is 6.07 Å². The highest BCUT2D eigenvalue weighted by Gasteiger charge is 2.32. The van der Waals surface area contributed by atoms with E-state index < -0.39 is 23.5 Å². The number of benzene rings is 1. The Labute approximate surface area is 198 Å². The topological polar surface area (TPSA) is 134 Å². The van der Waals surface area contributed by atoms with E-state index in [4.69, 9.17) is 14.0 Å². The molecule has 184 valence electrons. The summed E-state index contributed by atoms with van der Waals surface area (Å²) in [7, 11) is 2.87. The monoisotopic (exact) mass is 510 g/mol. The van der Waals surface area contributed by atoms with Crippen molar-refractivity contribution in [1.29, 1.82) is 0 Å². The van der Waals surface area contributed by atoms with Crippen molar-refractivity contribution >= 4 is 22.6 Å². The fraction of sp³-hybridized carbons (Fsp3) is 0.200. The number of rotatable bonds is 8. The Kier molecular flexibility index (Phi) is 6.81. The van der Waals surface area contributed by atoms with Crippen LogP contribution in [0.5, 0.6) is 17.4 Å². The highest BCUT2D eigenvalue weighted by Crippen LogP contribution is 2.38. The van der Waals surface area contributed by atoms with Crippen LogP contribution in [-0.2, 0) is 17.8 Å². The van der Waals surface area contributed by atoms with E-state index >= 15 is 0 Å². The maximum atomic E-state index is 12.8. The lowest BCUT2D eigenvalue weighted by atomic mass is 10.2. The van der Waals surface area contributed by atoms with E-state index in [1.807, 2.05) is 0 Å². The van der Waals surface area contributed by atoms with Crippen LogP contribution in [0.1, 0.15) is 5.69 Å². The van der Waals surface area contributed by atoms with Crippen molar-refractivity contribution in [2.45, 2.75) is 12.9 Å². The molecule has 0 aliphatic rings. The molecule has 0 saturated carbocycles. The number of para-hydroxylation sites is 1. The molecule has 1 atom stereocenters. The van der Waals surface area contributed by atoms with Gasteiger partial charge in [-0.2, -0.15) is 0 Å². The number of ether oxygens (including phenoxy) is 3. The van der Waals surface area contributed by atoms with Crippen molar-refractivity contribution in [3.05, 3.63) is 48.3 Å². The largest absolute Gasteiger partial charge is 0.574 e. The quantitative estimate of drug-likeness (QED) is 0.343. The molecular weight excluding hydrogens is 493 g/mol. The minimum atomic E-state index is -4.94. The molecule has 0 amide bonds. The SMILES string of the molecule is COc1cccc(OC)c1-n1c(-c2cccc(OC(F)(F)F)n2)nc2ncc(CNS(=O)O)nc21. The molecule has 1 aromatic carbocycles. The second kappa shape index (κ2) is 9.81. The first kappa shape index (κ1) is 24.3. The van der Waals surface area contributed by atoms with Gasteiger partial charge < -0.3 is 14.2 Å². The predicted molar refractivity (Wildman–Crippen MR) is 117 cm³/mol. The zero-order chi connectivity index (χ0) is 25.2. The van der Waals surface area contributed by atoms with Gasteiger partial charge in [-0.05, 0) is 18.2 Å². The van der Waals surface area contributed by atoms with E-state index in [1.54, 1.807) is 18.2 Å². The zero-order valence-electron chi connectivity index (χ0n) is 18.1. The Morgan fingerprint density at radius 1 is 1.06 bits per heavy atom. The Morgan fingerprint density at radius 3 is 2.37 bits per heavy atom. The number of pyridine rings is 1. The van der Waals surface area contributed by atoms with Crippen LogP contribution in [0, 0.1) is 0 Å². The molecule has 0 fully saturated rings. The van der Waals surface area contributed by atoms with Gasteiger partial charge in [0.1, 0.15) is 22.9 Å². The van der Waals surface area contributed by atoms with E-state index in [-0.39, 0.29) is 29.4 Å². The number of halogens is 3. The summed E-state index contributed by atoms with van der Waals surface area (Å²) >= 11 is -2.28. The number of fused-ring (bicyclic) bond motifs is 1. The van der Waals surface area contributed by atoms with Crippen LogP contribution < -0.4 is 18.9 Å². The molecule has 3 heterocycles. The van der Waals surface area contributed by atoms with Crippen LogP contribution in [-0.4, -0.2) is 53.8 Å². The maximum Gasteiger partial charge on any atom is 0.574 e. The van der Waals surface area contributed by atoms with Crippen LogP contribution >= 0.6 is 0 Å². The van der Waals surface area contributed by atoms with E-state index in [9.17, 15) is 17.4 Å². The first-order valence-electron chi connectivity index (χ1n) is 9.73. The molecule has 2 N–H and O–H groups in total. The van der Waals surface area contributed by atoms with Crippen molar-refractivity contribution in [3.63, 3.8) is 0 Å². The number of alkyl halides is 3. The third-order valence-electron chi connectivity index (χ3n) is 4.60. The molecule has 15 heteroatoms. The van der Waals surface area contributed by atoms with Gasteiger partial charge >= 0.3 is 6.36 Å². The number of hydrogen-bond donors (Lipinski definition) is 2. The lowest BCUT2D eigenvalue weighted by Crippen LogP contribution is -2.18. The minimum absolute atomic E-state index is 0.0237. The van der Waals surface area contributed by atoms with Gasteiger partial charge in [-0.3, -0.25) is 9.12 Å². The molecule has 1 unspecified atom stereocenters. The standard InChI is InChI=1S/C20H17F3N6O5S/c1-32-13-6-4-7-14(33-2)16(13)29-18(12-5-3-8-15(27-12)34-20(21,22)23)28-17-19(29)26-11(9-24-17)10-25-35(30)31/h3-9,25H,10H2,1-2H3,(H,30,31). The van der Waals surface area contributed by atoms with Crippen molar-refractivity contribution in [3.8, 4) is 34.6 Å². The third-order valence-corrected chi connectivity index (χ3v) is 4.99. The Balaban J connectivity index is 1.99. The fourth-order valence-corrected chi connectivity index (χ4v) is 3.53. The van der Waals surface area contributed by atoms with Crippen LogP contribution in [0.4, 0.5) is 13.2 Å². The zero-order valence-corrected chi connectivity index (χ0v) is 18.9. The van der Waals surface area contributed by atoms with E-state index in [1.165, 1.54) is 37.1 Å². The summed E-state index contributed by atoms with van der Waals surface area (Å²) in [4.78, 5) is 17.1. The second-order valence-corrected chi connectivity index (χ2v) is 7.56. The molecule has 0 aliphatic heterocycles. The summed E-state index contributed by atoms with van der Waals surface area (Å²) in [5.74, 6) is 0.0758. The third kappa shape index (κ3) is 5.31. The number of imidazole rings is 1. The summed E-state index contributed by atoms with van der Waals surface area (Å²) in [5.41, 5.74) is 0.962. The second-order valence-electron chi connectivity index (χ2n) is 6.77. The molecule has 0 aliphatic carbocycles. The predicted octanol–water partition coefficient (Wildman–Crippen LogP) is 3.02. The molecule has 4 aromatic rings. The van der Waals surface area contributed by atoms with Gasteiger partial charge in [0.25, 0.3) is 0 Å². The highest BCUT2D eigenvalue weighted by molar-refractivity contribution is 7.77. The summed E-state index contributed by atoms with van der Waals surface area (Å²) in [6.45, 7) is -0.0945. The molecule has 0 radical (unpaired) electrons. The first-order valence-corrected chi connectivity index (χ1v) is 10.8. The van der Waals surface area contributed by atoms with Gasteiger partial charge in [0.05, 0.1) is 32.7 Å². The number of aromatic nitrogens is 5. The van der Waals surface area contributed by atoms with E-state index in [2.05, 4.69) is 29.4 Å². The molecular formula is C20H17F3N6O5S. The first-order chi connectivity index (χ1) is 16.7. The van der Waals surface area contributed by atoms with Crippen LogP contribution in [0.25, 0.3) is 28.5 Å². The fourth-order valence-electron chi connectivity index (χ4n) is 3.26. The molecule has 0 saturated heterocycles. The average molecular weight is 510 g/mol. The molecule has 35 heavy (non-hydrogen) atoms. The lowest BCUT2D eigenvalue weighted by Gasteiger charge is -2.16. The normalized spacial score (nSPS) is 12.5. The van der Waals surface area contributed by atoms with Crippen molar-refractivity contribution in [2.24, 2.45) is 0 Å². The molecule has 3 aromatic heterocycles. The minimum Gasteiger partial charge on any atom is -0.494 e. The average Bonchev–Trinajstić information content (AvgIpc) is 3.19. The number of nitrogens with one attached hydrogen (secondary N) is 1. The number of nitrogens with zero attached hydrogens (tertiary/aromatic N) is 5. The van der Waals surface area contributed by atoms with Crippen molar-refractivity contribution < 1.29 is 36.1 Å². The lowest BCUT2D eigenvalue weighted by molar-refractivity contribution is -0.276. The van der Waals surface area contributed by atoms with E-state index in [0.29, 0.717) is 22.9 Å². The Bertz CT molecular complexity index is 1380. The summed E-state index contributed by atoms with van der Waals surface area (Å²) in [5, 5.41) is 0. The Morgan fingerprint density at radius 2 is 1.74 bits per heavy atom. The molecule has 0 bridgehead atoms. The van der Waals surface area contributed by atoms with Gasteiger partial charge in [0.15, 0.2) is 17.1 Å². The number of hydrogen-bond acceptors (Lipinski definition) is 8. The Hall–Kier alpha value is -3.82. The maximum absolute atomic E-state index is 12.8. The summed E-state index contributed by atoms with van der Waals surface area (Å²) < 4.78 is 77.1.